The number of carbonyl (C=O) groups excluding carboxylic acids is 2. The molecule has 0 saturated heterocycles. The lowest BCUT2D eigenvalue weighted by atomic mass is 10.1. The fourth-order valence-corrected chi connectivity index (χ4v) is 3.45. The summed E-state index contributed by atoms with van der Waals surface area (Å²) in [6.07, 6.45) is -1.12. The Morgan fingerprint density at radius 3 is 2.55 bits per heavy atom. The fraction of sp³-hybridized carbons (Fsp3) is 0.150. The van der Waals surface area contributed by atoms with Crippen molar-refractivity contribution in [2.75, 3.05) is 6.79 Å². The Morgan fingerprint density at radius 1 is 1.18 bits per heavy atom. The van der Waals surface area contributed by atoms with E-state index in [1.54, 1.807) is 18.2 Å². The molecule has 174 valence electrons. The highest BCUT2D eigenvalue weighted by Crippen LogP contribution is 2.38. The van der Waals surface area contributed by atoms with Crippen molar-refractivity contribution in [2.24, 2.45) is 7.05 Å². The van der Waals surface area contributed by atoms with Gasteiger partial charge in [-0.15, -0.1) is 0 Å². The number of hydrogen-bond acceptors (Lipinski definition) is 7. The zero-order valence-electron chi connectivity index (χ0n) is 16.6. The van der Waals surface area contributed by atoms with Gasteiger partial charge in [0.25, 0.3) is 0 Å². The average molecular weight is 550 g/mol. The summed E-state index contributed by atoms with van der Waals surface area (Å²) in [6, 6.07) is 9.87. The summed E-state index contributed by atoms with van der Waals surface area (Å²) in [5, 5.41) is 3.64. The van der Waals surface area contributed by atoms with Crippen LogP contribution < -0.4 is 9.47 Å². The van der Waals surface area contributed by atoms with E-state index in [1.807, 2.05) is 0 Å². The molecule has 0 bridgehead atoms. The fourth-order valence-electron chi connectivity index (χ4n) is 2.58. The van der Waals surface area contributed by atoms with Gasteiger partial charge in [0.05, 0.1) is 10.6 Å². The molecule has 0 unspecified atom stereocenters. The molecule has 0 N–H and O–H groups in total. The summed E-state index contributed by atoms with van der Waals surface area (Å²) < 4.78 is 59.4. The van der Waals surface area contributed by atoms with Gasteiger partial charge in [-0.2, -0.15) is 13.9 Å². The molecule has 3 aromatic rings. The molecule has 8 nitrogen and oxygen atoms in total. The Morgan fingerprint density at radius 2 is 1.88 bits per heavy atom. The van der Waals surface area contributed by atoms with Crippen LogP contribution in [0, 0.1) is 5.82 Å². The maximum Gasteiger partial charge on any atom is 0.516 e. The third-order valence-corrected chi connectivity index (χ3v) is 5.01. The Hall–Kier alpha value is -3.25. The molecule has 3 rings (SSSR count). The summed E-state index contributed by atoms with van der Waals surface area (Å²) in [6.45, 7) is -3.95. The minimum Gasteiger partial charge on any atom is -0.424 e. The van der Waals surface area contributed by atoms with Crippen LogP contribution in [0.1, 0.15) is 10.4 Å². The van der Waals surface area contributed by atoms with Crippen LogP contribution in [0.25, 0.3) is 11.3 Å². The van der Waals surface area contributed by atoms with Crippen LogP contribution in [0.4, 0.5) is 18.0 Å². The third-order valence-electron chi connectivity index (χ3n) is 3.98. The van der Waals surface area contributed by atoms with Crippen molar-refractivity contribution in [1.29, 1.82) is 0 Å². The van der Waals surface area contributed by atoms with Gasteiger partial charge in [-0.25, -0.2) is 18.7 Å². The molecule has 0 aliphatic rings. The number of para-hydroxylation sites is 1. The van der Waals surface area contributed by atoms with Crippen LogP contribution in [0.2, 0.25) is 5.02 Å². The van der Waals surface area contributed by atoms with Gasteiger partial charge >= 0.3 is 18.7 Å². The van der Waals surface area contributed by atoms with Gasteiger partial charge in [-0.1, -0.05) is 29.8 Å². The molecule has 0 amide bonds. The molecular weight excluding hydrogens is 537 g/mol. The van der Waals surface area contributed by atoms with Crippen molar-refractivity contribution in [1.82, 2.24) is 9.78 Å². The second-order valence-corrected chi connectivity index (χ2v) is 7.34. The Labute approximate surface area is 197 Å². The monoisotopic (exact) mass is 548 g/mol. The van der Waals surface area contributed by atoms with Crippen LogP contribution in [-0.2, 0) is 16.5 Å². The largest absolute Gasteiger partial charge is 0.516 e. The summed E-state index contributed by atoms with van der Waals surface area (Å²) in [4.78, 5) is 24.0. The minimum atomic E-state index is -3.14. The van der Waals surface area contributed by atoms with E-state index in [0.29, 0.717) is 0 Å². The first-order chi connectivity index (χ1) is 15.7. The van der Waals surface area contributed by atoms with Crippen LogP contribution in [0.15, 0.2) is 46.9 Å². The standard InChI is InChI=1S/C20H13BrClF3N2O6/c1-27-17(33-19(24)25)15(21)16(26-27)12-7-11(13(22)8-14(12)23)18(28)30-9-31-20(29)32-10-5-3-2-4-6-10/h2-8,19H,9H2,1H3. The van der Waals surface area contributed by atoms with Gasteiger partial charge < -0.3 is 18.9 Å². The van der Waals surface area contributed by atoms with Crippen molar-refractivity contribution in [3.05, 3.63) is 63.3 Å². The van der Waals surface area contributed by atoms with Gasteiger partial charge in [0, 0.05) is 12.6 Å². The maximum atomic E-state index is 14.5. The lowest BCUT2D eigenvalue weighted by Gasteiger charge is -2.09. The number of hydrogen-bond donors (Lipinski definition) is 0. The van der Waals surface area contributed by atoms with Gasteiger partial charge in [-0.05, 0) is 40.2 Å². The van der Waals surface area contributed by atoms with Crippen molar-refractivity contribution in [3.8, 4) is 22.9 Å². The zero-order valence-corrected chi connectivity index (χ0v) is 18.9. The zero-order chi connectivity index (χ0) is 24.1. The van der Waals surface area contributed by atoms with E-state index < -0.39 is 31.3 Å². The second kappa shape index (κ2) is 10.6. The number of esters is 1. The van der Waals surface area contributed by atoms with Gasteiger partial charge in [0.15, 0.2) is 0 Å². The molecular formula is C20H13BrClF3N2O6. The number of ether oxygens (including phenoxy) is 4. The average Bonchev–Trinajstić information content (AvgIpc) is 3.02. The van der Waals surface area contributed by atoms with Crippen LogP contribution in [0.5, 0.6) is 11.6 Å². The molecule has 0 atom stereocenters. The molecule has 0 fully saturated rings. The molecule has 0 radical (unpaired) electrons. The number of aromatic nitrogens is 2. The first-order valence-electron chi connectivity index (χ1n) is 8.91. The Bertz CT molecular complexity index is 1180. The third kappa shape index (κ3) is 5.96. The molecule has 0 spiro atoms. The number of alkyl halides is 2. The molecule has 1 aromatic heterocycles. The molecule has 0 aliphatic carbocycles. The molecule has 33 heavy (non-hydrogen) atoms. The Balaban J connectivity index is 1.73. The summed E-state index contributed by atoms with van der Waals surface area (Å²) in [7, 11) is 1.31. The van der Waals surface area contributed by atoms with Crippen molar-refractivity contribution >= 4 is 39.7 Å². The summed E-state index contributed by atoms with van der Waals surface area (Å²) in [5.41, 5.74) is -0.664. The van der Waals surface area contributed by atoms with E-state index in [1.165, 1.54) is 19.2 Å². The van der Waals surface area contributed by atoms with Crippen LogP contribution >= 0.6 is 27.5 Å². The predicted molar refractivity (Wildman–Crippen MR) is 112 cm³/mol. The van der Waals surface area contributed by atoms with Crippen molar-refractivity contribution < 1.29 is 41.7 Å². The van der Waals surface area contributed by atoms with Crippen molar-refractivity contribution in [3.63, 3.8) is 0 Å². The quantitative estimate of drug-likeness (QED) is 0.216. The lowest BCUT2D eigenvalue weighted by molar-refractivity contribution is -0.0558. The van der Waals surface area contributed by atoms with Crippen LogP contribution in [0.3, 0.4) is 0 Å². The highest BCUT2D eigenvalue weighted by atomic mass is 79.9. The summed E-state index contributed by atoms with van der Waals surface area (Å²) >= 11 is 8.98. The van der Waals surface area contributed by atoms with E-state index in [0.717, 1.165) is 16.8 Å². The normalized spacial score (nSPS) is 10.8. The number of rotatable bonds is 7. The molecule has 13 heteroatoms. The molecule has 0 saturated carbocycles. The van der Waals surface area contributed by atoms with E-state index in [-0.39, 0.29) is 37.9 Å². The summed E-state index contributed by atoms with van der Waals surface area (Å²) in [5.74, 6) is -2.08. The number of halogens is 5. The van der Waals surface area contributed by atoms with Gasteiger partial charge in [0.2, 0.25) is 12.7 Å². The highest BCUT2D eigenvalue weighted by molar-refractivity contribution is 9.10. The first kappa shape index (κ1) is 24.4. The highest BCUT2D eigenvalue weighted by Gasteiger charge is 2.24. The number of benzene rings is 2. The number of nitrogens with zero attached hydrogens (tertiary/aromatic N) is 2. The van der Waals surface area contributed by atoms with Gasteiger partial charge in [0.1, 0.15) is 21.7 Å². The minimum absolute atomic E-state index is 0.0715. The van der Waals surface area contributed by atoms with Gasteiger partial charge in [-0.3, -0.25) is 0 Å². The number of carbonyl (C=O) groups is 2. The predicted octanol–water partition coefficient (Wildman–Crippen LogP) is 5.57. The smallest absolute Gasteiger partial charge is 0.424 e. The molecule has 1 heterocycles. The Kier molecular flexibility index (Phi) is 7.82. The second-order valence-electron chi connectivity index (χ2n) is 6.14. The number of aryl methyl sites for hydroxylation is 1. The first-order valence-corrected chi connectivity index (χ1v) is 10.1. The maximum absolute atomic E-state index is 14.5. The van der Waals surface area contributed by atoms with E-state index in [9.17, 15) is 22.8 Å². The SMILES string of the molecule is Cn1nc(-c2cc(C(=O)OCOC(=O)Oc3ccccc3)c(Cl)cc2F)c(Br)c1OC(F)F. The van der Waals surface area contributed by atoms with Crippen molar-refractivity contribution in [2.45, 2.75) is 6.61 Å². The van der Waals surface area contributed by atoms with E-state index in [2.05, 4.69) is 30.5 Å². The lowest BCUT2D eigenvalue weighted by Crippen LogP contribution is -2.16. The topological polar surface area (TPSA) is 88.9 Å². The van der Waals surface area contributed by atoms with Crippen LogP contribution in [-0.4, -0.2) is 35.3 Å². The van der Waals surface area contributed by atoms with E-state index in [4.69, 9.17) is 21.1 Å². The molecule has 2 aromatic carbocycles. The molecule has 0 aliphatic heterocycles. The van der Waals surface area contributed by atoms with E-state index >= 15 is 0 Å².